The Kier molecular flexibility index (Phi) is 5.30. The Labute approximate surface area is 162 Å². The maximum absolute atomic E-state index is 12.1. The van der Waals surface area contributed by atoms with Crippen molar-refractivity contribution in [1.29, 1.82) is 0 Å². The molecule has 0 fully saturated rings. The molecular formula is C21H22N2O3S. The first kappa shape index (κ1) is 19.1. The van der Waals surface area contributed by atoms with Crippen LogP contribution in [0.15, 0.2) is 48.5 Å². The van der Waals surface area contributed by atoms with E-state index in [9.17, 15) is 14.7 Å². The topological polar surface area (TPSA) is 78.4 Å². The first-order chi connectivity index (χ1) is 12.8. The van der Waals surface area contributed by atoms with Crippen molar-refractivity contribution in [2.45, 2.75) is 26.4 Å². The number of aliphatic hydroxyl groups is 1. The predicted octanol–water partition coefficient (Wildman–Crippen LogP) is 3.48. The van der Waals surface area contributed by atoms with Gasteiger partial charge in [0.2, 0.25) is 0 Å². The van der Waals surface area contributed by atoms with Crippen molar-refractivity contribution in [1.82, 2.24) is 5.32 Å². The maximum atomic E-state index is 12.1. The quantitative estimate of drug-likeness (QED) is 0.605. The third-order valence-corrected chi connectivity index (χ3v) is 5.89. The van der Waals surface area contributed by atoms with E-state index in [0.29, 0.717) is 5.69 Å². The smallest absolute Gasteiger partial charge is 0.313 e. The van der Waals surface area contributed by atoms with E-state index in [-0.39, 0.29) is 6.54 Å². The van der Waals surface area contributed by atoms with Gasteiger partial charge in [-0.05, 0) is 61.5 Å². The molecule has 0 aliphatic rings. The Morgan fingerprint density at radius 3 is 2.48 bits per heavy atom. The molecule has 1 heterocycles. The molecule has 1 atom stereocenters. The minimum absolute atomic E-state index is 0.0565. The number of fused-ring (bicyclic) bond motifs is 1. The van der Waals surface area contributed by atoms with Gasteiger partial charge in [0, 0.05) is 15.3 Å². The summed E-state index contributed by atoms with van der Waals surface area (Å²) >= 11 is 1.47. The molecule has 0 saturated heterocycles. The highest BCUT2D eigenvalue weighted by Crippen LogP contribution is 2.32. The highest BCUT2D eigenvalue weighted by molar-refractivity contribution is 7.19. The van der Waals surface area contributed by atoms with E-state index in [2.05, 4.69) is 10.6 Å². The Hall–Kier alpha value is -2.70. The standard InChI is InChI=1S/C21H22N2O3S/c1-13-8-9-16(10-14(13)2)23-20(25)19(24)22-12-21(3,26)18-11-15-6-4-5-7-17(15)27-18/h4-11,26H,12H2,1-3H3,(H,22,24)(H,23,25). The lowest BCUT2D eigenvalue weighted by Crippen LogP contribution is -2.43. The van der Waals surface area contributed by atoms with E-state index in [1.807, 2.05) is 56.3 Å². The lowest BCUT2D eigenvalue weighted by molar-refractivity contribution is -0.136. The average Bonchev–Trinajstić information content (AvgIpc) is 3.08. The van der Waals surface area contributed by atoms with E-state index in [1.165, 1.54) is 11.3 Å². The molecule has 0 aliphatic carbocycles. The van der Waals surface area contributed by atoms with Crippen molar-refractivity contribution in [2.24, 2.45) is 0 Å². The van der Waals surface area contributed by atoms with Gasteiger partial charge in [-0.2, -0.15) is 0 Å². The summed E-state index contributed by atoms with van der Waals surface area (Å²) in [5.74, 6) is -1.54. The van der Waals surface area contributed by atoms with Crippen LogP contribution in [0.4, 0.5) is 5.69 Å². The van der Waals surface area contributed by atoms with Gasteiger partial charge in [0.05, 0.1) is 6.54 Å². The number of amides is 2. The molecule has 1 unspecified atom stereocenters. The van der Waals surface area contributed by atoms with E-state index in [4.69, 9.17) is 0 Å². The van der Waals surface area contributed by atoms with Gasteiger partial charge >= 0.3 is 11.8 Å². The number of carbonyl (C=O) groups is 2. The molecule has 0 bridgehead atoms. The second-order valence-corrected chi connectivity index (χ2v) is 7.94. The van der Waals surface area contributed by atoms with Crippen LogP contribution in [0, 0.1) is 13.8 Å². The largest absolute Gasteiger partial charge is 0.383 e. The van der Waals surface area contributed by atoms with Gasteiger partial charge in [0.15, 0.2) is 0 Å². The monoisotopic (exact) mass is 382 g/mol. The number of aryl methyl sites for hydroxylation is 2. The Balaban J connectivity index is 1.62. The molecule has 3 N–H and O–H groups in total. The Bertz CT molecular complexity index is 975. The number of nitrogens with one attached hydrogen (secondary N) is 2. The van der Waals surface area contributed by atoms with Gasteiger partial charge in [0.25, 0.3) is 0 Å². The van der Waals surface area contributed by atoms with Crippen LogP contribution in [-0.4, -0.2) is 23.5 Å². The summed E-state index contributed by atoms with van der Waals surface area (Å²) in [5, 5.41) is 16.9. The Morgan fingerprint density at radius 2 is 1.78 bits per heavy atom. The van der Waals surface area contributed by atoms with Crippen LogP contribution in [0.2, 0.25) is 0 Å². The summed E-state index contributed by atoms with van der Waals surface area (Å²) in [6.07, 6.45) is 0. The van der Waals surface area contributed by atoms with E-state index in [1.54, 1.807) is 13.0 Å². The van der Waals surface area contributed by atoms with Gasteiger partial charge in [-0.1, -0.05) is 24.3 Å². The number of rotatable bonds is 4. The number of hydrogen-bond donors (Lipinski definition) is 3. The van der Waals surface area contributed by atoms with Crippen LogP contribution in [0.25, 0.3) is 10.1 Å². The highest BCUT2D eigenvalue weighted by Gasteiger charge is 2.27. The number of hydrogen-bond acceptors (Lipinski definition) is 4. The molecule has 27 heavy (non-hydrogen) atoms. The second kappa shape index (κ2) is 7.50. The molecule has 140 valence electrons. The summed E-state index contributed by atoms with van der Waals surface area (Å²) in [5.41, 5.74) is 1.44. The molecule has 0 saturated carbocycles. The van der Waals surface area contributed by atoms with E-state index >= 15 is 0 Å². The molecule has 3 rings (SSSR count). The molecule has 0 radical (unpaired) electrons. The van der Waals surface area contributed by atoms with Crippen LogP contribution in [0.3, 0.4) is 0 Å². The van der Waals surface area contributed by atoms with Crippen molar-refractivity contribution < 1.29 is 14.7 Å². The molecular weight excluding hydrogens is 360 g/mol. The number of anilines is 1. The molecule has 6 heteroatoms. The first-order valence-corrected chi connectivity index (χ1v) is 9.46. The average molecular weight is 382 g/mol. The van der Waals surface area contributed by atoms with Crippen molar-refractivity contribution in [3.8, 4) is 0 Å². The SMILES string of the molecule is Cc1ccc(NC(=O)C(=O)NCC(C)(O)c2cc3ccccc3s2)cc1C. The van der Waals surface area contributed by atoms with Gasteiger partial charge in [0.1, 0.15) is 5.60 Å². The summed E-state index contributed by atoms with van der Waals surface area (Å²) < 4.78 is 1.06. The minimum Gasteiger partial charge on any atom is -0.383 e. The fraction of sp³-hybridized carbons (Fsp3) is 0.238. The third kappa shape index (κ3) is 4.35. The van der Waals surface area contributed by atoms with Gasteiger partial charge in [-0.15, -0.1) is 11.3 Å². The molecule has 3 aromatic rings. The van der Waals surface area contributed by atoms with Crippen LogP contribution in [0.1, 0.15) is 22.9 Å². The number of thiophene rings is 1. The zero-order chi connectivity index (χ0) is 19.6. The molecule has 0 aliphatic heterocycles. The second-order valence-electron chi connectivity index (χ2n) is 6.86. The normalized spacial score (nSPS) is 13.2. The molecule has 2 aromatic carbocycles. The summed E-state index contributed by atoms with van der Waals surface area (Å²) in [7, 11) is 0. The Morgan fingerprint density at radius 1 is 1.04 bits per heavy atom. The summed E-state index contributed by atoms with van der Waals surface area (Å²) in [6, 6.07) is 15.2. The lowest BCUT2D eigenvalue weighted by Gasteiger charge is -2.22. The third-order valence-electron chi connectivity index (χ3n) is 4.52. The molecule has 5 nitrogen and oxygen atoms in total. The first-order valence-electron chi connectivity index (χ1n) is 8.64. The summed E-state index contributed by atoms with van der Waals surface area (Å²) in [4.78, 5) is 25.0. The van der Waals surface area contributed by atoms with Crippen molar-refractivity contribution in [3.63, 3.8) is 0 Å². The fourth-order valence-electron chi connectivity index (χ4n) is 2.67. The zero-order valence-electron chi connectivity index (χ0n) is 15.5. The van der Waals surface area contributed by atoms with Crippen LogP contribution >= 0.6 is 11.3 Å². The van der Waals surface area contributed by atoms with Gasteiger partial charge in [-0.25, -0.2) is 0 Å². The van der Waals surface area contributed by atoms with Gasteiger partial charge in [-0.3, -0.25) is 9.59 Å². The van der Waals surface area contributed by atoms with Gasteiger partial charge < -0.3 is 15.7 Å². The molecule has 0 spiro atoms. The number of benzene rings is 2. The van der Waals surface area contributed by atoms with Crippen LogP contribution < -0.4 is 10.6 Å². The van der Waals surface area contributed by atoms with Crippen molar-refractivity contribution >= 4 is 38.9 Å². The van der Waals surface area contributed by atoms with Crippen LogP contribution in [-0.2, 0) is 15.2 Å². The highest BCUT2D eigenvalue weighted by atomic mass is 32.1. The predicted molar refractivity (Wildman–Crippen MR) is 109 cm³/mol. The van der Waals surface area contributed by atoms with Crippen molar-refractivity contribution in [3.05, 3.63) is 64.5 Å². The fourth-order valence-corrected chi connectivity index (χ4v) is 3.78. The van der Waals surface area contributed by atoms with E-state index < -0.39 is 17.4 Å². The van der Waals surface area contributed by atoms with E-state index in [0.717, 1.165) is 26.1 Å². The zero-order valence-corrected chi connectivity index (χ0v) is 16.3. The maximum Gasteiger partial charge on any atom is 0.313 e. The number of carbonyl (C=O) groups excluding carboxylic acids is 2. The van der Waals surface area contributed by atoms with Crippen molar-refractivity contribution in [2.75, 3.05) is 11.9 Å². The minimum atomic E-state index is -1.26. The summed E-state index contributed by atoms with van der Waals surface area (Å²) in [6.45, 7) is 5.48. The molecule has 2 amide bonds. The molecule has 1 aromatic heterocycles. The lowest BCUT2D eigenvalue weighted by atomic mass is 10.0. The van der Waals surface area contributed by atoms with Crippen LogP contribution in [0.5, 0.6) is 0 Å².